The molecule has 13 nitrogen and oxygen atoms in total. The first kappa shape index (κ1) is 32.2. The smallest absolute Gasteiger partial charge is 0.243 e. The zero-order valence-corrected chi connectivity index (χ0v) is 25.8. The lowest BCUT2D eigenvalue weighted by atomic mass is 10.2. The summed E-state index contributed by atoms with van der Waals surface area (Å²) in [4.78, 5) is 12.8. The molecule has 0 aliphatic carbocycles. The second kappa shape index (κ2) is 14.0. The molecule has 0 aliphatic rings. The SMILES string of the molecule is C=NC(=NC=C(C)C)[C@H](OC(C)C)[C@H](C)S(=O)(=O)Nc1nnc(-c2cccc(OC)n2)n1-c1c(OC)cccc1OC. The van der Waals surface area contributed by atoms with E-state index in [1.165, 1.54) is 32.8 Å². The number of allylic oxidation sites excluding steroid dienone is 1. The van der Waals surface area contributed by atoms with Gasteiger partial charge in [-0.15, -0.1) is 10.2 Å². The molecule has 0 radical (unpaired) electrons. The molecule has 0 bridgehead atoms. The number of hydrogen-bond acceptors (Lipinski definition) is 10. The van der Waals surface area contributed by atoms with Crippen LogP contribution in [0.4, 0.5) is 5.95 Å². The predicted molar refractivity (Wildman–Crippen MR) is 163 cm³/mol. The van der Waals surface area contributed by atoms with E-state index < -0.39 is 21.4 Å². The molecule has 3 rings (SSSR count). The van der Waals surface area contributed by atoms with Crippen molar-refractivity contribution in [3.8, 4) is 34.6 Å². The van der Waals surface area contributed by atoms with Crippen molar-refractivity contribution in [2.24, 2.45) is 9.98 Å². The van der Waals surface area contributed by atoms with E-state index in [0.717, 1.165) is 5.57 Å². The lowest BCUT2D eigenvalue weighted by molar-refractivity contribution is 0.0459. The zero-order chi connectivity index (χ0) is 31.0. The van der Waals surface area contributed by atoms with Gasteiger partial charge in [0, 0.05) is 12.3 Å². The molecule has 1 N–H and O–H groups in total. The number of aliphatic imine (C=N–C) groups is 2. The second-order valence-electron chi connectivity index (χ2n) is 9.57. The van der Waals surface area contributed by atoms with Gasteiger partial charge in [0.05, 0.1) is 27.4 Å². The summed E-state index contributed by atoms with van der Waals surface area (Å²) >= 11 is 0. The van der Waals surface area contributed by atoms with Gasteiger partial charge < -0.3 is 18.9 Å². The summed E-state index contributed by atoms with van der Waals surface area (Å²) in [6.45, 7) is 12.4. The summed E-state index contributed by atoms with van der Waals surface area (Å²) in [7, 11) is 0.248. The van der Waals surface area contributed by atoms with Gasteiger partial charge in [-0.1, -0.05) is 17.7 Å². The predicted octanol–water partition coefficient (Wildman–Crippen LogP) is 4.30. The number of anilines is 1. The van der Waals surface area contributed by atoms with Crippen LogP contribution in [0.3, 0.4) is 0 Å². The van der Waals surface area contributed by atoms with Gasteiger partial charge in [-0.25, -0.2) is 23.4 Å². The van der Waals surface area contributed by atoms with E-state index in [1.807, 2.05) is 13.8 Å². The van der Waals surface area contributed by atoms with Crippen molar-refractivity contribution in [3.63, 3.8) is 0 Å². The van der Waals surface area contributed by atoms with Crippen LogP contribution in [0, 0.1) is 0 Å². The van der Waals surface area contributed by atoms with E-state index in [1.54, 1.807) is 56.4 Å². The number of amidine groups is 1. The van der Waals surface area contributed by atoms with Gasteiger partial charge in [-0.05, 0) is 59.5 Å². The number of aromatic nitrogens is 4. The highest BCUT2D eigenvalue weighted by Gasteiger charge is 2.36. The van der Waals surface area contributed by atoms with Gasteiger partial charge in [0.25, 0.3) is 0 Å². The summed E-state index contributed by atoms with van der Waals surface area (Å²) < 4.78 is 54.4. The Balaban J connectivity index is 2.22. The fourth-order valence-electron chi connectivity index (χ4n) is 3.89. The zero-order valence-electron chi connectivity index (χ0n) is 25.0. The molecular weight excluding hydrogens is 562 g/mol. The van der Waals surface area contributed by atoms with Crippen LogP contribution in [0.1, 0.15) is 34.6 Å². The number of methoxy groups -OCH3 is 3. The minimum Gasteiger partial charge on any atom is -0.494 e. The Bertz CT molecular complexity index is 1540. The Morgan fingerprint density at radius 1 is 1.00 bits per heavy atom. The van der Waals surface area contributed by atoms with Crippen LogP contribution in [0.15, 0.2) is 58.2 Å². The molecule has 2 atom stereocenters. The molecule has 3 aromatic rings. The van der Waals surface area contributed by atoms with Gasteiger partial charge in [0.1, 0.15) is 34.2 Å². The molecule has 0 unspecified atom stereocenters. The number of sulfonamides is 1. The molecule has 0 spiro atoms. The lowest BCUT2D eigenvalue weighted by Gasteiger charge is -2.26. The fourth-order valence-corrected chi connectivity index (χ4v) is 4.97. The molecule has 1 aromatic carbocycles. The molecule has 0 amide bonds. The van der Waals surface area contributed by atoms with Crippen molar-refractivity contribution in [2.45, 2.75) is 52.1 Å². The summed E-state index contributed by atoms with van der Waals surface area (Å²) in [6, 6.07) is 10.3. The number of nitrogens with one attached hydrogen (secondary N) is 1. The van der Waals surface area contributed by atoms with Crippen LogP contribution < -0.4 is 18.9 Å². The third kappa shape index (κ3) is 7.31. The minimum absolute atomic E-state index is 0.122. The highest BCUT2D eigenvalue weighted by Crippen LogP contribution is 2.37. The first-order valence-corrected chi connectivity index (χ1v) is 14.5. The van der Waals surface area contributed by atoms with E-state index in [9.17, 15) is 8.42 Å². The fraction of sp³-hybridized carbons (Fsp3) is 0.393. The Labute approximate surface area is 246 Å². The monoisotopic (exact) mass is 599 g/mol. The van der Waals surface area contributed by atoms with Crippen LogP contribution in [-0.4, -0.2) is 79.5 Å². The summed E-state index contributed by atoms with van der Waals surface area (Å²) in [5.41, 5.74) is 1.61. The Kier molecular flexibility index (Phi) is 10.8. The van der Waals surface area contributed by atoms with E-state index >= 15 is 0 Å². The number of para-hydroxylation sites is 1. The second-order valence-corrected chi connectivity index (χ2v) is 11.6. The van der Waals surface area contributed by atoms with Gasteiger partial charge in [-0.2, -0.15) is 0 Å². The number of nitrogens with zero attached hydrogens (tertiary/aromatic N) is 6. The van der Waals surface area contributed by atoms with E-state index in [0.29, 0.717) is 28.8 Å². The van der Waals surface area contributed by atoms with E-state index in [-0.39, 0.29) is 23.7 Å². The first-order chi connectivity index (χ1) is 20.0. The maximum absolute atomic E-state index is 13.9. The maximum Gasteiger partial charge on any atom is 0.243 e. The van der Waals surface area contributed by atoms with Gasteiger partial charge >= 0.3 is 0 Å². The van der Waals surface area contributed by atoms with Crippen LogP contribution in [0.5, 0.6) is 17.4 Å². The Morgan fingerprint density at radius 3 is 2.19 bits per heavy atom. The number of ether oxygens (including phenoxy) is 4. The third-order valence-electron chi connectivity index (χ3n) is 5.89. The number of rotatable bonds is 13. The van der Waals surface area contributed by atoms with E-state index in [4.69, 9.17) is 18.9 Å². The van der Waals surface area contributed by atoms with Gasteiger partial charge in [0.15, 0.2) is 11.7 Å². The highest BCUT2D eigenvalue weighted by atomic mass is 32.2. The van der Waals surface area contributed by atoms with Crippen molar-refractivity contribution >= 4 is 28.5 Å². The van der Waals surface area contributed by atoms with Gasteiger partial charge in [0.2, 0.25) is 21.9 Å². The molecule has 0 fully saturated rings. The molecule has 2 aromatic heterocycles. The number of benzene rings is 1. The molecule has 2 heterocycles. The number of hydrogen-bond donors (Lipinski definition) is 1. The molecule has 0 aliphatic heterocycles. The summed E-state index contributed by atoms with van der Waals surface area (Å²) in [6.07, 6.45) is 0.191. The quantitative estimate of drug-likeness (QED) is 0.224. The molecule has 14 heteroatoms. The Morgan fingerprint density at radius 2 is 1.64 bits per heavy atom. The number of pyridine rings is 1. The van der Waals surface area contributed by atoms with Crippen LogP contribution >= 0.6 is 0 Å². The minimum atomic E-state index is -4.22. The molecular formula is C28H37N7O6S. The highest BCUT2D eigenvalue weighted by molar-refractivity contribution is 7.93. The van der Waals surface area contributed by atoms with Crippen molar-refractivity contribution in [3.05, 3.63) is 48.2 Å². The first-order valence-electron chi connectivity index (χ1n) is 13.0. The van der Waals surface area contributed by atoms with Crippen molar-refractivity contribution < 1.29 is 27.4 Å². The van der Waals surface area contributed by atoms with Crippen molar-refractivity contribution in [1.29, 1.82) is 0 Å². The summed E-state index contributed by atoms with van der Waals surface area (Å²) in [5, 5.41) is 7.31. The summed E-state index contributed by atoms with van der Waals surface area (Å²) in [5.74, 6) is 1.27. The van der Waals surface area contributed by atoms with Crippen LogP contribution in [0.2, 0.25) is 0 Å². The van der Waals surface area contributed by atoms with Crippen molar-refractivity contribution in [1.82, 2.24) is 19.7 Å². The standard InChI is InChI=1S/C28H37N7O6S/c1-17(2)16-30-26(29-6)25(41-18(3)4)19(5)42(36,37)34-28-33-32-27(20-12-10-15-23(31-20)40-9)35(28)24-21(38-7)13-11-14-22(24)39-8/h10-16,18-19,25H,6H2,1-5,7-9H3,(H,33,34)/t19-,25+/m0/s1. The molecule has 0 saturated carbocycles. The molecule has 42 heavy (non-hydrogen) atoms. The molecule has 226 valence electrons. The van der Waals surface area contributed by atoms with Gasteiger partial charge in [-0.3, -0.25) is 9.29 Å². The van der Waals surface area contributed by atoms with E-state index in [2.05, 4.69) is 36.6 Å². The third-order valence-corrected chi connectivity index (χ3v) is 7.58. The normalized spacial score (nSPS) is 13.3. The van der Waals surface area contributed by atoms with Crippen LogP contribution in [-0.2, 0) is 14.8 Å². The topological polar surface area (TPSA) is 151 Å². The Hall–Kier alpha value is -4.30. The van der Waals surface area contributed by atoms with Crippen molar-refractivity contribution in [2.75, 3.05) is 26.1 Å². The van der Waals surface area contributed by atoms with Crippen LogP contribution in [0.25, 0.3) is 17.2 Å². The average Bonchev–Trinajstić information content (AvgIpc) is 3.37. The molecule has 0 saturated heterocycles. The maximum atomic E-state index is 13.9. The largest absolute Gasteiger partial charge is 0.494 e. The lowest BCUT2D eigenvalue weighted by Crippen LogP contribution is -2.43. The average molecular weight is 600 g/mol.